The van der Waals surface area contributed by atoms with Gasteiger partial charge >= 0.3 is 0 Å². The minimum Gasteiger partial charge on any atom is -0.385 e. The molecule has 1 saturated carbocycles. The smallest absolute Gasteiger partial charge is 0.169 e. The van der Waals surface area contributed by atoms with E-state index in [0.29, 0.717) is 11.8 Å². The number of Topliss-reactive ketones (excluding diaryl/α,β-unsaturated/α-hetero) is 1. The Labute approximate surface area is 114 Å². The molecule has 0 bridgehead atoms. The van der Waals surface area contributed by atoms with Crippen LogP contribution in [0.5, 0.6) is 0 Å². The maximum absolute atomic E-state index is 12.4. The Balaban J connectivity index is 2.36. The fraction of sp³-hybridized carbons (Fsp3) is 0.667. The Morgan fingerprint density at radius 3 is 2.94 bits per heavy atom. The van der Waals surface area contributed by atoms with Crippen molar-refractivity contribution in [1.82, 2.24) is 0 Å². The molecule has 0 aromatic carbocycles. The van der Waals surface area contributed by atoms with Gasteiger partial charge < -0.3 is 5.11 Å². The first kappa shape index (κ1) is 13.8. The molecule has 0 radical (unpaired) electrons. The van der Waals surface area contributed by atoms with Crippen molar-refractivity contribution in [3.8, 4) is 0 Å². The first-order chi connectivity index (χ1) is 8.41. The highest BCUT2D eigenvalue weighted by Crippen LogP contribution is 2.52. The number of aliphatic hydroxyl groups excluding tert-OH is 1. The average molecular weight is 269 g/mol. The van der Waals surface area contributed by atoms with Crippen molar-refractivity contribution in [2.24, 2.45) is 23.2 Å². The number of ketones is 1. The number of rotatable bonds is 2. The molecule has 100 valence electrons. The van der Waals surface area contributed by atoms with Gasteiger partial charge in [-0.05, 0) is 24.2 Å². The minimum atomic E-state index is -0.940. The van der Waals surface area contributed by atoms with E-state index < -0.39 is 6.10 Å². The van der Waals surface area contributed by atoms with E-state index in [0.717, 1.165) is 18.4 Å². The number of hydrogen-bond acceptors (Lipinski definition) is 2. The molecule has 2 aliphatic rings. The highest BCUT2D eigenvalue weighted by Gasteiger charge is 2.52. The highest BCUT2D eigenvalue weighted by atomic mass is 35.5. The zero-order valence-electron chi connectivity index (χ0n) is 11.0. The van der Waals surface area contributed by atoms with Gasteiger partial charge in [-0.2, -0.15) is 0 Å². The van der Waals surface area contributed by atoms with Gasteiger partial charge in [-0.15, -0.1) is 11.6 Å². The molecular formula is C15H21ClO2. The van der Waals surface area contributed by atoms with Gasteiger partial charge in [0.05, 0.1) is 0 Å². The van der Waals surface area contributed by atoms with Crippen LogP contribution in [-0.2, 0) is 4.79 Å². The summed E-state index contributed by atoms with van der Waals surface area (Å²) in [5.74, 6) is 0.332. The monoisotopic (exact) mass is 268 g/mol. The van der Waals surface area contributed by atoms with Gasteiger partial charge in [0, 0.05) is 17.7 Å². The van der Waals surface area contributed by atoms with E-state index in [1.54, 1.807) is 0 Å². The molecule has 0 aromatic heterocycles. The second-order valence-corrected chi connectivity index (χ2v) is 6.27. The van der Waals surface area contributed by atoms with E-state index in [-0.39, 0.29) is 23.0 Å². The molecule has 1 N–H and O–H groups in total. The van der Waals surface area contributed by atoms with Gasteiger partial charge in [-0.25, -0.2) is 0 Å². The summed E-state index contributed by atoms with van der Waals surface area (Å²) in [6, 6.07) is 0. The van der Waals surface area contributed by atoms with E-state index >= 15 is 0 Å². The first-order valence-corrected chi connectivity index (χ1v) is 7.07. The van der Waals surface area contributed by atoms with E-state index in [1.807, 2.05) is 6.08 Å². The quantitative estimate of drug-likeness (QED) is 0.618. The third-order valence-electron chi connectivity index (χ3n) is 4.99. The Hall–Kier alpha value is -0.600. The summed E-state index contributed by atoms with van der Waals surface area (Å²) in [6.45, 7) is 8.25. The van der Waals surface area contributed by atoms with Crippen LogP contribution >= 0.6 is 11.6 Å². The fourth-order valence-corrected chi connectivity index (χ4v) is 3.59. The summed E-state index contributed by atoms with van der Waals surface area (Å²) in [7, 11) is 0. The number of alkyl halides is 1. The van der Waals surface area contributed by atoms with Crippen LogP contribution in [0.25, 0.3) is 0 Å². The molecule has 0 heterocycles. The van der Waals surface area contributed by atoms with Gasteiger partial charge in [0.25, 0.3) is 0 Å². The van der Waals surface area contributed by atoms with Gasteiger partial charge in [0.15, 0.2) is 5.78 Å². The zero-order valence-corrected chi connectivity index (χ0v) is 11.8. The average Bonchev–Trinajstić information content (AvgIpc) is 2.35. The fourth-order valence-electron chi connectivity index (χ4n) is 3.40. The Kier molecular flexibility index (Phi) is 3.70. The summed E-state index contributed by atoms with van der Waals surface area (Å²) in [5, 5.41) is 10.2. The molecule has 0 saturated heterocycles. The van der Waals surface area contributed by atoms with Crippen LogP contribution in [0, 0.1) is 23.2 Å². The number of fused-ring (bicyclic) bond motifs is 1. The van der Waals surface area contributed by atoms with Crippen LogP contribution in [0.4, 0.5) is 0 Å². The molecule has 0 spiro atoms. The molecule has 1 fully saturated rings. The van der Waals surface area contributed by atoms with Crippen LogP contribution in [0.1, 0.15) is 26.7 Å². The Morgan fingerprint density at radius 2 is 2.33 bits per heavy atom. The molecule has 0 aromatic rings. The summed E-state index contributed by atoms with van der Waals surface area (Å²) >= 11 is 5.82. The third-order valence-corrected chi connectivity index (χ3v) is 5.33. The lowest BCUT2D eigenvalue weighted by atomic mass is 9.54. The summed E-state index contributed by atoms with van der Waals surface area (Å²) in [5.41, 5.74) is 0.698. The van der Waals surface area contributed by atoms with Crippen molar-refractivity contribution < 1.29 is 9.90 Å². The van der Waals surface area contributed by atoms with Crippen LogP contribution in [0.3, 0.4) is 0 Å². The second-order valence-electron chi connectivity index (χ2n) is 6.00. The van der Waals surface area contributed by atoms with Gasteiger partial charge in [-0.3, -0.25) is 4.79 Å². The van der Waals surface area contributed by atoms with Gasteiger partial charge in [0.1, 0.15) is 6.10 Å². The van der Waals surface area contributed by atoms with Crippen LogP contribution < -0.4 is 0 Å². The maximum atomic E-state index is 12.4. The lowest BCUT2D eigenvalue weighted by Crippen LogP contribution is -2.52. The first-order valence-electron chi connectivity index (χ1n) is 6.54. The maximum Gasteiger partial charge on any atom is 0.169 e. The molecule has 0 aliphatic heterocycles. The van der Waals surface area contributed by atoms with Crippen molar-refractivity contribution in [3.63, 3.8) is 0 Å². The molecule has 2 nitrogen and oxygen atoms in total. The van der Waals surface area contributed by atoms with Crippen LogP contribution in [0.2, 0.25) is 0 Å². The number of carbonyl (C=O) groups excluding carboxylic acids is 1. The van der Waals surface area contributed by atoms with Crippen molar-refractivity contribution in [3.05, 3.63) is 24.3 Å². The molecule has 5 unspecified atom stereocenters. The lowest BCUT2D eigenvalue weighted by Gasteiger charge is -2.50. The van der Waals surface area contributed by atoms with Crippen molar-refractivity contribution >= 4 is 17.4 Å². The standard InChI is InChI=1S/C15H21ClO2/c1-9(8-16)11-7-15(3)10(2)5-4-6-12(15)14(18)13(11)17/h4,6,10-13,17H,1,5,7-8H2,2-3H3. The van der Waals surface area contributed by atoms with Gasteiger partial charge in [0.2, 0.25) is 0 Å². The molecular weight excluding hydrogens is 248 g/mol. The topological polar surface area (TPSA) is 37.3 Å². The van der Waals surface area contributed by atoms with Crippen molar-refractivity contribution in [2.75, 3.05) is 5.88 Å². The largest absolute Gasteiger partial charge is 0.385 e. The third kappa shape index (κ3) is 1.96. The summed E-state index contributed by atoms with van der Waals surface area (Å²) in [6.07, 6.45) is 4.89. The van der Waals surface area contributed by atoms with Crippen molar-refractivity contribution in [2.45, 2.75) is 32.8 Å². The predicted octanol–water partition coefficient (Wildman–Crippen LogP) is 2.95. The van der Waals surface area contributed by atoms with E-state index in [9.17, 15) is 9.90 Å². The number of carbonyl (C=O) groups is 1. The molecule has 0 amide bonds. The lowest BCUT2D eigenvalue weighted by molar-refractivity contribution is -0.145. The molecule has 2 aliphatic carbocycles. The molecule has 3 heteroatoms. The Morgan fingerprint density at radius 1 is 1.67 bits per heavy atom. The van der Waals surface area contributed by atoms with Gasteiger partial charge in [-0.1, -0.05) is 38.2 Å². The van der Waals surface area contributed by atoms with E-state index in [4.69, 9.17) is 11.6 Å². The normalized spacial score (nSPS) is 43.7. The second kappa shape index (κ2) is 4.82. The number of allylic oxidation sites excluding steroid dienone is 2. The molecule has 18 heavy (non-hydrogen) atoms. The number of halogens is 1. The van der Waals surface area contributed by atoms with Crippen molar-refractivity contribution in [1.29, 1.82) is 0 Å². The SMILES string of the molecule is C=C(CCl)C1CC2(C)C(C)CC=CC2C(=O)C1O. The number of aliphatic hydroxyl groups is 1. The highest BCUT2D eigenvalue weighted by molar-refractivity contribution is 6.19. The Bertz CT molecular complexity index is 401. The number of hydrogen-bond donors (Lipinski definition) is 1. The van der Waals surface area contributed by atoms with Crippen LogP contribution in [0.15, 0.2) is 24.3 Å². The van der Waals surface area contributed by atoms with E-state index in [1.165, 1.54) is 0 Å². The predicted molar refractivity (Wildman–Crippen MR) is 73.5 cm³/mol. The summed E-state index contributed by atoms with van der Waals surface area (Å²) < 4.78 is 0. The van der Waals surface area contributed by atoms with E-state index in [2.05, 4.69) is 26.5 Å². The molecule has 5 atom stereocenters. The summed E-state index contributed by atoms with van der Waals surface area (Å²) in [4.78, 5) is 12.4. The molecule has 2 rings (SSSR count). The zero-order chi connectivity index (χ0) is 13.5. The minimum absolute atomic E-state index is 0.0668. The van der Waals surface area contributed by atoms with Crippen LogP contribution in [-0.4, -0.2) is 22.9 Å².